The van der Waals surface area contributed by atoms with Gasteiger partial charge >= 0.3 is 5.97 Å². The van der Waals surface area contributed by atoms with Crippen molar-refractivity contribution >= 4 is 5.97 Å². The molecule has 0 fully saturated rings. The van der Waals surface area contributed by atoms with E-state index < -0.39 is 5.97 Å². The maximum Gasteiger partial charge on any atom is 0.303 e. The fraction of sp³-hybridized carbons (Fsp3) is 0.794. The lowest BCUT2D eigenvalue weighted by molar-refractivity contribution is -0.137. The first kappa shape index (κ1) is 34.7. The van der Waals surface area contributed by atoms with Crippen LogP contribution in [0.25, 0.3) is 0 Å². The third-order valence-corrected chi connectivity index (χ3v) is 7.04. The van der Waals surface area contributed by atoms with Crippen molar-refractivity contribution in [3.8, 4) is 0 Å². The number of hydrogen-bond donors (Lipinski definition) is 1. The number of aliphatic carboxylic acids is 1. The Morgan fingerprint density at radius 1 is 0.444 bits per heavy atom. The molecule has 0 aliphatic carbocycles. The summed E-state index contributed by atoms with van der Waals surface area (Å²) in [6.07, 6.45) is 47.1. The van der Waals surface area contributed by atoms with Crippen molar-refractivity contribution in [3.05, 3.63) is 36.5 Å². The van der Waals surface area contributed by atoms with E-state index in [1.165, 1.54) is 128 Å². The van der Waals surface area contributed by atoms with Crippen molar-refractivity contribution in [2.75, 3.05) is 0 Å². The van der Waals surface area contributed by atoms with Crippen LogP contribution in [0.15, 0.2) is 36.5 Å². The molecule has 0 amide bonds. The molecule has 2 heteroatoms. The number of carboxylic acid groups (broad SMARTS) is 1. The maximum absolute atomic E-state index is 10.5. The zero-order valence-corrected chi connectivity index (χ0v) is 24.2. The summed E-state index contributed by atoms with van der Waals surface area (Å²) in [6, 6.07) is 0. The van der Waals surface area contributed by atoms with E-state index in [1.807, 2.05) is 0 Å². The van der Waals surface area contributed by atoms with Crippen LogP contribution in [0.1, 0.15) is 174 Å². The molecule has 0 aromatic carbocycles. The van der Waals surface area contributed by atoms with Crippen LogP contribution in [0.2, 0.25) is 0 Å². The molecule has 0 aliphatic rings. The highest BCUT2D eigenvalue weighted by atomic mass is 16.4. The lowest BCUT2D eigenvalue weighted by Crippen LogP contribution is -1.93. The van der Waals surface area contributed by atoms with Gasteiger partial charge in [0.05, 0.1) is 0 Å². The molecule has 0 atom stereocenters. The summed E-state index contributed by atoms with van der Waals surface area (Å²) in [5.74, 6) is -0.652. The molecule has 1 N–H and O–H groups in total. The van der Waals surface area contributed by atoms with Crippen molar-refractivity contribution in [1.82, 2.24) is 0 Å². The van der Waals surface area contributed by atoms with Crippen LogP contribution in [0.5, 0.6) is 0 Å². The predicted molar refractivity (Wildman–Crippen MR) is 161 cm³/mol. The lowest BCUT2D eigenvalue weighted by atomic mass is 10.0. The van der Waals surface area contributed by atoms with Gasteiger partial charge in [0.1, 0.15) is 0 Å². The van der Waals surface area contributed by atoms with Crippen molar-refractivity contribution in [2.24, 2.45) is 0 Å². The molecule has 0 aromatic heterocycles. The van der Waals surface area contributed by atoms with Crippen LogP contribution in [0, 0.1) is 0 Å². The quantitative estimate of drug-likeness (QED) is 0.0815. The molecular weight excluding hydrogens is 440 g/mol. The number of carbonyl (C=O) groups is 1. The average molecular weight is 503 g/mol. The summed E-state index contributed by atoms with van der Waals surface area (Å²) in [5.41, 5.74) is 0. The Morgan fingerprint density at radius 3 is 1.11 bits per heavy atom. The molecule has 0 aromatic rings. The fourth-order valence-electron chi connectivity index (χ4n) is 4.72. The molecule has 36 heavy (non-hydrogen) atoms. The first-order valence-electron chi connectivity index (χ1n) is 15.9. The van der Waals surface area contributed by atoms with Crippen LogP contribution >= 0.6 is 0 Å². The van der Waals surface area contributed by atoms with Gasteiger partial charge < -0.3 is 5.11 Å². The topological polar surface area (TPSA) is 37.3 Å². The van der Waals surface area contributed by atoms with Gasteiger partial charge in [0.15, 0.2) is 0 Å². The second kappa shape index (κ2) is 31.7. The molecule has 0 aliphatic heterocycles. The molecule has 0 radical (unpaired) electrons. The van der Waals surface area contributed by atoms with Crippen LogP contribution in [0.4, 0.5) is 0 Å². The predicted octanol–water partition coefficient (Wildman–Crippen LogP) is 11.9. The molecule has 0 heterocycles. The van der Waals surface area contributed by atoms with Gasteiger partial charge in [-0.2, -0.15) is 0 Å². The summed E-state index contributed by atoms with van der Waals surface area (Å²) < 4.78 is 0. The number of allylic oxidation sites excluding steroid dienone is 6. The number of rotatable bonds is 29. The molecule has 210 valence electrons. The van der Waals surface area contributed by atoms with E-state index in [-0.39, 0.29) is 0 Å². The van der Waals surface area contributed by atoms with Crippen LogP contribution in [-0.2, 0) is 4.79 Å². The van der Waals surface area contributed by atoms with Gasteiger partial charge in [-0.1, -0.05) is 165 Å². The average Bonchev–Trinajstić information content (AvgIpc) is 2.87. The minimum Gasteiger partial charge on any atom is -0.481 e. The SMILES string of the molecule is CC/C=C\C/C=C\C/C=C\CCCCCCCCCCCCCCCCCCCCCCCC(=O)O. The number of hydrogen-bond acceptors (Lipinski definition) is 1. The van der Waals surface area contributed by atoms with E-state index in [0.717, 1.165) is 32.1 Å². The van der Waals surface area contributed by atoms with E-state index >= 15 is 0 Å². The number of carboxylic acids is 1. The summed E-state index contributed by atoms with van der Waals surface area (Å²) in [6.45, 7) is 2.18. The standard InChI is InChI=1S/C34H62O2/c1-2-3-4-5-6-7-8-9-10-11-12-13-14-15-16-17-18-19-20-21-22-23-24-25-26-27-28-29-30-31-32-33-34(35)36/h3-4,6-7,9-10H,2,5,8,11-33H2,1H3,(H,35,36)/b4-3-,7-6-,10-9-. The van der Waals surface area contributed by atoms with Crippen molar-refractivity contribution in [3.63, 3.8) is 0 Å². The highest BCUT2D eigenvalue weighted by molar-refractivity contribution is 5.66. The van der Waals surface area contributed by atoms with Crippen molar-refractivity contribution < 1.29 is 9.90 Å². The monoisotopic (exact) mass is 502 g/mol. The summed E-state index contributed by atoms with van der Waals surface area (Å²) in [5, 5.41) is 8.62. The molecule has 0 saturated heterocycles. The summed E-state index contributed by atoms with van der Waals surface area (Å²) in [4.78, 5) is 10.5. The molecule has 0 spiro atoms. The van der Waals surface area contributed by atoms with Crippen molar-refractivity contribution in [1.29, 1.82) is 0 Å². The van der Waals surface area contributed by atoms with Gasteiger partial charge in [0, 0.05) is 6.42 Å². The Balaban J connectivity index is 3.11. The van der Waals surface area contributed by atoms with Gasteiger partial charge in [-0.3, -0.25) is 4.79 Å². The Kier molecular flexibility index (Phi) is 30.6. The van der Waals surface area contributed by atoms with Gasteiger partial charge in [-0.15, -0.1) is 0 Å². The molecule has 0 bridgehead atoms. The third kappa shape index (κ3) is 32.7. The van der Waals surface area contributed by atoms with Gasteiger partial charge in [0.2, 0.25) is 0 Å². The molecule has 2 nitrogen and oxygen atoms in total. The third-order valence-electron chi connectivity index (χ3n) is 7.04. The van der Waals surface area contributed by atoms with E-state index in [1.54, 1.807) is 0 Å². The van der Waals surface area contributed by atoms with Crippen molar-refractivity contribution in [2.45, 2.75) is 174 Å². The van der Waals surface area contributed by atoms with Crippen LogP contribution < -0.4 is 0 Å². The zero-order valence-electron chi connectivity index (χ0n) is 24.2. The molecular formula is C34H62O2. The van der Waals surface area contributed by atoms with Crippen LogP contribution in [0.3, 0.4) is 0 Å². The Labute approximate surface area is 226 Å². The molecule has 0 unspecified atom stereocenters. The normalized spacial score (nSPS) is 12.0. The second-order valence-electron chi connectivity index (χ2n) is 10.7. The van der Waals surface area contributed by atoms with Crippen LogP contribution in [-0.4, -0.2) is 11.1 Å². The van der Waals surface area contributed by atoms with Gasteiger partial charge in [-0.25, -0.2) is 0 Å². The first-order valence-corrected chi connectivity index (χ1v) is 15.9. The fourth-order valence-corrected chi connectivity index (χ4v) is 4.72. The molecule has 0 saturated carbocycles. The highest BCUT2D eigenvalue weighted by Gasteiger charge is 1.97. The maximum atomic E-state index is 10.5. The zero-order chi connectivity index (χ0) is 26.2. The summed E-state index contributed by atoms with van der Waals surface area (Å²) in [7, 11) is 0. The summed E-state index contributed by atoms with van der Waals surface area (Å²) >= 11 is 0. The smallest absolute Gasteiger partial charge is 0.303 e. The van der Waals surface area contributed by atoms with Gasteiger partial charge in [0.25, 0.3) is 0 Å². The minimum absolute atomic E-state index is 0.343. The second-order valence-corrected chi connectivity index (χ2v) is 10.7. The Bertz CT molecular complexity index is 517. The molecule has 0 rings (SSSR count). The highest BCUT2D eigenvalue weighted by Crippen LogP contribution is 2.15. The van der Waals surface area contributed by atoms with E-state index in [4.69, 9.17) is 5.11 Å². The lowest BCUT2D eigenvalue weighted by Gasteiger charge is -2.04. The van der Waals surface area contributed by atoms with E-state index in [2.05, 4.69) is 43.4 Å². The minimum atomic E-state index is -0.652. The van der Waals surface area contributed by atoms with E-state index in [9.17, 15) is 4.79 Å². The first-order chi connectivity index (χ1) is 17.8. The number of unbranched alkanes of at least 4 members (excludes halogenated alkanes) is 21. The Morgan fingerprint density at radius 2 is 0.750 bits per heavy atom. The van der Waals surface area contributed by atoms with E-state index in [0.29, 0.717) is 6.42 Å². The largest absolute Gasteiger partial charge is 0.481 e. The van der Waals surface area contributed by atoms with Gasteiger partial charge in [-0.05, 0) is 38.5 Å². The Hall–Kier alpha value is -1.31.